The minimum absolute atomic E-state index is 0.237. The quantitative estimate of drug-likeness (QED) is 0.467. The van der Waals surface area contributed by atoms with Gasteiger partial charge in [-0.25, -0.2) is 0 Å². The number of carbonyl (C=O) groups is 1. The van der Waals surface area contributed by atoms with Crippen LogP contribution in [0.15, 0.2) is 66.7 Å². The van der Waals surface area contributed by atoms with Crippen molar-refractivity contribution in [2.24, 2.45) is 5.73 Å². The molecule has 0 radical (unpaired) electrons. The first-order valence-corrected chi connectivity index (χ1v) is 9.40. The summed E-state index contributed by atoms with van der Waals surface area (Å²) in [7, 11) is 1.65. The Morgan fingerprint density at radius 1 is 1.07 bits per heavy atom. The number of ether oxygens (including phenoxy) is 1. The molecule has 0 aliphatic rings. The number of nitrogens with zero attached hydrogens (tertiary/aromatic N) is 1. The number of methoxy groups -OCH3 is 1. The van der Waals surface area contributed by atoms with E-state index < -0.39 is 0 Å². The van der Waals surface area contributed by atoms with E-state index in [-0.39, 0.29) is 5.91 Å². The summed E-state index contributed by atoms with van der Waals surface area (Å²) in [6, 6.07) is 21.4. The van der Waals surface area contributed by atoms with Crippen molar-refractivity contribution in [2.45, 2.75) is 6.42 Å². The van der Waals surface area contributed by atoms with Crippen molar-refractivity contribution in [1.82, 2.24) is 10.2 Å². The molecule has 6 heteroatoms. The van der Waals surface area contributed by atoms with Gasteiger partial charge in [-0.2, -0.15) is 5.10 Å². The fraction of sp³-hybridized carbons (Fsp3) is 0.130. The molecule has 4 N–H and O–H groups in total. The lowest BCUT2D eigenvalue weighted by molar-refractivity contribution is 0.102. The van der Waals surface area contributed by atoms with E-state index in [4.69, 9.17) is 10.5 Å². The lowest BCUT2D eigenvalue weighted by Crippen LogP contribution is -2.12. The molecule has 0 fully saturated rings. The second-order valence-electron chi connectivity index (χ2n) is 6.79. The van der Waals surface area contributed by atoms with Crippen LogP contribution in [-0.2, 0) is 6.42 Å². The molecule has 0 aliphatic carbocycles. The Hall–Kier alpha value is -3.64. The molecule has 4 rings (SSSR count). The number of anilines is 1. The summed E-state index contributed by atoms with van der Waals surface area (Å²) in [6.07, 6.45) is 0.770. The summed E-state index contributed by atoms with van der Waals surface area (Å²) < 4.78 is 5.27. The maximum atomic E-state index is 12.6. The number of amides is 1. The zero-order valence-electron chi connectivity index (χ0n) is 16.1. The fourth-order valence-electron chi connectivity index (χ4n) is 3.27. The third-order valence-corrected chi connectivity index (χ3v) is 4.78. The molecule has 4 aromatic rings. The average Bonchev–Trinajstić information content (AvgIpc) is 3.24. The zero-order chi connectivity index (χ0) is 20.2. The first-order chi connectivity index (χ1) is 14.2. The van der Waals surface area contributed by atoms with Crippen molar-refractivity contribution in [2.75, 3.05) is 19.0 Å². The molecule has 3 aromatic carbocycles. The number of aromatic amines is 1. The van der Waals surface area contributed by atoms with Gasteiger partial charge < -0.3 is 15.8 Å². The van der Waals surface area contributed by atoms with Crippen LogP contribution >= 0.6 is 0 Å². The smallest absolute Gasteiger partial charge is 0.273 e. The van der Waals surface area contributed by atoms with Crippen molar-refractivity contribution >= 4 is 22.4 Å². The highest BCUT2D eigenvalue weighted by molar-refractivity contribution is 6.03. The molecule has 6 nitrogen and oxygen atoms in total. The fourth-order valence-corrected chi connectivity index (χ4v) is 3.27. The van der Waals surface area contributed by atoms with E-state index >= 15 is 0 Å². The number of nitrogens with two attached hydrogens (primary N) is 1. The van der Waals surface area contributed by atoms with E-state index in [0.29, 0.717) is 17.9 Å². The molecule has 0 unspecified atom stereocenters. The van der Waals surface area contributed by atoms with Crippen LogP contribution in [0.5, 0.6) is 5.75 Å². The van der Waals surface area contributed by atoms with Gasteiger partial charge in [-0.05, 0) is 65.7 Å². The number of fused-ring (bicyclic) bond motifs is 1. The van der Waals surface area contributed by atoms with Crippen molar-refractivity contribution < 1.29 is 9.53 Å². The van der Waals surface area contributed by atoms with Gasteiger partial charge in [0.05, 0.1) is 12.8 Å². The second kappa shape index (κ2) is 8.16. The normalized spacial score (nSPS) is 10.8. The van der Waals surface area contributed by atoms with Crippen LogP contribution in [0.1, 0.15) is 16.1 Å². The van der Waals surface area contributed by atoms with Crippen LogP contribution in [0.3, 0.4) is 0 Å². The number of rotatable bonds is 6. The summed E-state index contributed by atoms with van der Waals surface area (Å²) >= 11 is 0. The Labute approximate surface area is 168 Å². The van der Waals surface area contributed by atoms with Crippen LogP contribution in [0.25, 0.3) is 22.0 Å². The standard InChI is InChI=1S/C23H22N4O2/c1-29-20-8-7-16-12-18(6-5-17(16)13-20)21-14-22(27-26-21)23(28)25-19-4-2-3-15(11-19)9-10-24/h2-8,11-14H,9-10,24H2,1H3,(H,25,28)(H,26,27). The molecule has 0 spiro atoms. The topological polar surface area (TPSA) is 93.0 Å². The molecule has 1 heterocycles. The summed E-state index contributed by atoms with van der Waals surface area (Å²) in [5, 5.41) is 12.2. The molecule has 0 saturated heterocycles. The van der Waals surface area contributed by atoms with Gasteiger partial charge in [0.2, 0.25) is 0 Å². The maximum Gasteiger partial charge on any atom is 0.273 e. The van der Waals surface area contributed by atoms with Gasteiger partial charge in [0.1, 0.15) is 11.4 Å². The molecule has 0 atom stereocenters. The van der Waals surface area contributed by atoms with E-state index in [9.17, 15) is 4.79 Å². The number of hydrogen-bond donors (Lipinski definition) is 3. The highest BCUT2D eigenvalue weighted by Crippen LogP contribution is 2.26. The van der Waals surface area contributed by atoms with Crippen molar-refractivity contribution in [3.8, 4) is 17.0 Å². The average molecular weight is 386 g/mol. The molecule has 146 valence electrons. The van der Waals surface area contributed by atoms with Gasteiger partial charge in [0, 0.05) is 11.3 Å². The first kappa shape index (κ1) is 18.7. The monoisotopic (exact) mass is 386 g/mol. The lowest BCUT2D eigenvalue weighted by atomic mass is 10.0. The Bertz CT molecular complexity index is 1170. The van der Waals surface area contributed by atoms with Crippen molar-refractivity contribution in [3.05, 3.63) is 78.0 Å². The number of benzene rings is 3. The summed E-state index contributed by atoms with van der Waals surface area (Å²) in [5.74, 6) is 0.582. The molecular weight excluding hydrogens is 364 g/mol. The third-order valence-electron chi connectivity index (χ3n) is 4.78. The largest absolute Gasteiger partial charge is 0.497 e. The molecule has 0 saturated carbocycles. The first-order valence-electron chi connectivity index (χ1n) is 9.40. The van der Waals surface area contributed by atoms with E-state index in [0.717, 1.165) is 39.8 Å². The second-order valence-corrected chi connectivity index (χ2v) is 6.79. The van der Waals surface area contributed by atoms with Gasteiger partial charge in [-0.1, -0.05) is 30.3 Å². The molecule has 0 bridgehead atoms. The Morgan fingerprint density at radius 3 is 2.72 bits per heavy atom. The maximum absolute atomic E-state index is 12.6. The molecular formula is C23H22N4O2. The van der Waals surface area contributed by atoms with Gasteiger partial charge >= 0.3 is 0 Å². The predicted octanol–water partition coefficient (Wildman–Crippen LogP) is 3.99. The van der Waals surface area contributed by atoms with Crippen LogP contribution in [0, 0.1) is 0 Å². The summed E-state index contributed by atoms with van der Waals surface area (Å²) in [5.41, 5.74) is 9.47. The van der Waals surface area contributed by atoms with E-state index in [1.807, 2.05) is 60.7 Å². The van der Waals surface area contributed by atoms with Crippen LogP contribution in [-0.4, -0.2) is 29.8 Å². The SMILES string of the molecule is COc1ccc2cc(-c3cc(C(=O)Nc4cccc(CCN)c4)[nH]n3)ccc2c1. The van der Waals surface area contributed by atoms with Gasteiger partial charge in [-0.3, -0.25) is 9.89 Å². The predicted molar refractivity (Wildman–Crippen MR) is 115 cm³/mol. The van der Waals surface area contributed by atoms with Gasteiger partial charge in [0.15, 0.2) is 0 Å². The minimum Gasteiger partial charge on any atom is -0.497 e. The van der Waals surface area contributed by atoms with Crippen molar-refractivity contribution in [3.63, 3.8) is 0 Å². The lowest BCUT2D eigenvalue weighted by Gasteiger charge is -2.06. The van der Waals surface area contributed by atoms with Crippen LogP contribution in [0.4, 0.5) is 5.69 Å². The number of aromatic nitrogens is 2. The Balaban J connectivity index is 1.54. The van der Waals surface area contributed by atoms with Gasteiger partial charge in [-0.15, -0.1) is 0 Å². The summed E-state index contributed by atoms with van der Waals surface area (Å²) in [6.45, 7) is 0.569. The van der Waals surface area contributed by atoms with E-state index in [1.165, 1.54) is 0 Å². The van der Waals surface area contributed by atoms with Crippen LogP contribution < -0.4 is 15.8 Å². The number of H-pyrrole nitrogens is 1. The third kappa shape index (κ3) is 4.12. The Morgan fingerprint density at radius 2 is 1.90 bits per heavy atom. The number of carbonyl (C=O) groups excluding carboxylic acids is 1. The van der Waals surface area contributed by atoms with Gasteiger partial charge in [0.25, 0.3) is 5.91 Å². The minimum atomic E-state index is -0.237. The summed E-state index contributed by atoms with van der Waals surface area (Å²) in [4.78, 5) is 12.6. The van der Waals surface area contributed by atoms with E-state index in [2.05, 4.69) is 15.5 Å². The molecule has 0 aliphatic heterocycles. The highest BCUT2D eigenvalue weighted by Gasteiger charge is 2.12. The molecule has 1 aromatic heterocycles. The zero-order valence-corrected chi connectivity index (χ0v) is 16.1. The molecule has 29 heavy (non-hydrogen) atoms. The highest BCUT2D eigenvalue weighted by atomic mass is 16.5. The number of nitrogens with one attached hydrogen (secondary N) is 2. The Kier molecular flexibility index (Phi) is 5.27. The number of hydrogen-bond acceptors (Lipinski definition) is 4. The van der Waals surface area contributed by atoms with Crippen molar-refractivity contribution in [1.29, 1.82) is 0 Å². The van der Waals surface area contributed by atoms with Crippen LogP contribution in [0.2, 0.25) is 0 Å². The molecule has 1 amide bonds. The van der Waals surface area contributed by atoms with E-state index in [1.54, 1.807) is 13.2 Å².